The van der Waals surface area contributed by atoms with Crippen LogP contribution in [0.1, 0.15) is 51.2 Å². The Kier molecular flexibility index (Phi) is 9.78. The number of hydrogen-bond acceptors (Lipinski definition) is 7. The van der Waals surface area contributed by atoms with Crippen LogP contribution >= 0.6 is 11.9 Å². The molecule has 39 heavy (non-hydrogen) atoms. The third-order valence-electron chi connectivity index (χ3n) is 8.24. The quantitative estimate of drug-likeness (QED) is 0.389. The van der Waals surface area contributed by atoms with Crippen molar-refractivity contribution in [2.45, 2.75) is 76.6 Å². The first-order chi connectivity index (χ1) is 18.5. The van der Waals surface area contributed by atoms with Crippen LogP contribution in [0.15, 0.2) is 47.4 Å². The van der Waals surface area contributed by atoms with Crippen molar-refractivity contribution in [3.8, 4) is 11.1 Å². The summed E-state index contributed by atoms with van der Waals surface area (Å²) in [5.41, 5.74) is 4.71. The van der Waals surface area contributed by atoms with Crippen molar-refractivity contribution in [3.05, 3.63) is 53.6 Å². The maximum Gasteiger partial charge on any atom is 0.240 e. The molecule has 2 aromatic carbocycles. The molecule has 0 radical (unpaired) electrons. The monoisotopic (exact) mass is 555 g/mol. The Morgan fingerprint density at radius 3 is 2.49 bits per heavy atom. The number of carbonyl (C=O) groups excluding carboxylic acids is 1. The zero-order valence-electron chi connectivity index (χ0n) is 24.2. The fourth-order valence-corrected chi connectivity index (χ4v) is 6.85. The molecule has 8 heteroatoms. The molecule has 1 heterocycles. The van der Waals surface area contributed by atoms with Gasteiger partial charge in [0.1, 0.15) is 12.1 Å². The van der Waals surface area contributed by atoms with E-state index >= 15 is 0 Å². The van der Waals surface area contributed by atoms with Crippen LogP contribution in [-0.2, 0) is 16.2 Å². The molecule has 2 fully saturated rings. The molecule has 5 atom stereocenters. The summed E-state index contributed by atoms with van der Waals surface area (Å²) in [6, 6.07) is 14.2. The lowest BCUT2D eigenvalue weighted by atomic mass is 9.70. The van der Waals surface area contributed by atoms with Gasteiger partial charge in [-0.2, -0.15) is 5.06 Å². The van der Waals surface area contributed by atoms with Gasteiger partial charge in [0.05, 0.1) is 19.8 Å². The van der Waals surface area contributed by atoms with Crippen molar-refractivity contribution >= 4 is 17.9 Å². The number of amides is 1. The number of aliphatic hydroxyl groups is 2. The highest BCUT2D eigenvalue weighted by Crippen LogP contribution is 2.39. The van der Waals surface area contributed by atoms with Crippen molar-refractivity contribution in [2.75, 3.05) is 27.3 Å². The Hall–Kier alpha value is -1.94. The van der Waals surface area contributed by atoms with Crippen LogP contribution in [0.5, 0.6) is 0 Å². The molecule has 1 saturated carbocycles. The van der Waals surface area contributed by atoms with Gasteiger partial charge < -0.3 is 15.5 Å². The van der Waals surface area contributed by atoms with E-state index in [0.29, 0.717) is 12.5 Å². The van der Waals surface area contributed by atoms with Gasteiger partial charge in [0.25, 0.3) is 0 Å². The normalized spacial score (nSPS) is 27.2. The number of rotatable bonds is 9. The molecule has 4 unspecified atom stereocenters. The summed E-state index contributed by atoms with van der Waals surface area (Å²) < 4.78 is 2.07. The highest BCUT2D eigenvalue weighted by Gasteiger charge is 2.47. The molecule has 0 bridgehead atoms. The van der Waals surface area contributed by atoms with Gasteiger partial charge in [-0.3, -0.25) is 13.9 Å². The van der Waals surface area contributed by atoms with Gasteiger partial charge in [0, 0.05) is 16.9 Å². The van der Waals surface area contributed by atoms with Crippen LogP contribution in [0.25, 0.3) is 11.1 Å². The molecule has 1 aliphatic heterocycles. The van der Waals surface area contributed by atoms with Gasteiger partial charge in [-0.05, 0) is 104 Å². The molecule has 4 rings (SSSR count). The topological polar surface area (TPSA) is 85.3 Å². The molecule has 2 aliphatic rings. The smallest absolute Gasteiger partial charge is 0.240 e. The molecule has 0 spiro atoms. The molecular weight excluding hydrogens is 510 g/mol. The highest BCUT2D eigenvalue weighted by molar-refractivity contribution is 7.97. The second kappa shape index (κ2) is 12.7. The first-order valence-electron chi connectivity index (χ1n) is 14.0. The fraction of sp³-hybridized carbons (Fsp3) is 0.581. The van der Waals surface area contributed by atoms with Gasteiger partial charge in [-0.1, -0.05) is 45.0 Å². The molecule has 3 N–H and O–H groups in total. The molecule has 1 saturated heterocycles. The van der Waals surface area contributed by atoms with Gasteiger partial charge >= 0.3 is 0 Å². The minimum absolute atomic E-state index is 0.0968. The average Bonchev–Trinajstić information content (AvgIpc) is 3.24. The number of hydrogen-bond donors (Lipinski definition) is 3. The lowest BCUT2D eigenvalue weighted by Gasteiger charge is -2.40. The standard InChI is InChI=1S/C31H45N3O4S/c1-20-7-8-22(15-25(20)23-9-11-24(12-10-23)39-33(5)6)17-34-29(26(18-35)28(19-36)38-34)30(37)32-27-13-14-31(3,4)16-21(27)2/h7-12,15,21,26-29,35-36H,13-14,16-19H2,1-6H3,(H,32,37)/t21?,26?,27-,28?,29?/m0/s1. The molecule has 2 aromatic rings. The Labute approximate surface area is 238 Å². The van der Waals surface area contributed by atoms with Crippen molar-refractivity contribution in [1.82, 2.24) is 14.7 Å². The van der Waals surface area contributed by atoms with Crippen LogP contribution in [0, 0.1) is 24.2 Å². The Morgan fingerprint density at radius 1 is 1.15 bits per heavy atom. The first-order valence-corrected chi connectivity index (χ1v) is 14.8. The van der Waals surface area contributed by atoms with E-state index in [1.54, 1.807) is 17.0 Å². The Morgan fingerprint density at radius 2 is 1.87 bits per heavy atom. The second-order valence-corrected chi connectivity index (χ2v) is 13.7. The van der Waals surface area contributed by atoms with Crippen molar-refractivity contribution in [2.24, 2.45) is 17.3 Å². The number of aryl methyl sites for hydroxylation is 1. The summed E-state index contributed by atoms with van der Waals surface area (Å²) in [5.74, 6) is -0.267. The average molecular weight is 556 g/mol. The van der Waals surface area contributed by atoms with E-state index in [-0.39, 0.29) is 30.6 Å². The predicted octanol–water partition coefficient (Wildman–Crippen LogP) is 4.65. The zero-order valence-corrected chi connectivity index (χ0v) is 25.0. The Balaban J connectivity index is 1.53. The van der Waals surface area contributed by atoms with Crippen LogP contribution in [0.3, 0.4) is 0 Å². The number of carbonyl (C=O) groups is 1. The SMILES string of the molecule is Cc1ccc(CN2OC(CO)C(CO)C2C(=O)N[C@H]2CCC(C)(C)CC2C)cc1-c1ccc(SN(C)C)cc1. The number of aliphatic hydroxyl groups excluding tert-OH is 2. The summed E-state index contributed by atoms with van der Waals surface area (Å²) in [6.45, 7) is 8.76. The molecule has 0 aromatic heterocycles. The van der Waals surface area contributed by atoms with E-state index < -0.39 is 18.1 Å². The maximum absolute atomic E-state index is 13.7. The summed E-state index contributed by atoms with van der Waals surface area (Å²) in [6.07, 6.45) is 2.44. The van der Waals surface area contributed by atoms with Crippen molar-refractivity contribution in [1.29, 1.82) is 0 Å². The third kappa shape index (κ3) is 7.23. The summed E-state index contributed by atoms with van der Waals surface area (Å²) in [7, 11) is 4.05. The molecule has 214 valence electrons. The number of nitrogens with zero attached hydrogens (tertiary/aromatic N) is 2. The second-order valence-electron chi connectivity index (χ2n) is 12.3. The van der Waals surface area contributed by atoms with E-state index in [0.717, 1.165) is 36.0 Å². The Bertz CT molecular complexity index is 1120. The van der Waals surface area contributed by atoms with Gasteiger partial charge in [0.15, 0.2) is 0 Å². The van der Waals surface area contributed by atoms with Crippen LogP contribution in [0.4, 0.5) is 0 Å². The van der Waals surface area contributed by atoms with Gasteiger partial charge in [0.2, 0.25) is 5.91 Å². The lowest BCUT2D eigenvalue weighted by molar-refractivity contribution is -0.182. The van der Waals surface area contributed by atoms with E-state index in [1.807, 2.05) is 14.1 Å². The van der Waals surface area contributed by atoms with E-state index in [2.05, 4.69) is 79.8 Å². The molecule has 7 nitrogen and oxygen atoms in total. The van der Waals surface area contributed by atoms with Crippen molar-refractivity contribution in [3.63, 3.8) is 0 Å². The summed E-state index contributed by atoms with van der Waals surface area (Å²) >= 11 is 1.68. The van der Waals surface area contributed by atoms with Gasteiger partial charge in [-0.15, -0.1) is 0 Å². The van der Waals surface area contributed by atoms with E-state index in [4.69, 9.17) is 4.84 Å². The van der Waals surface area contributed by atoms with Gasteiger partial charge in [-0.25, -0.2) is 0 Å². The maximum atomic E-state index is 13.7. The number of hydroxylamine groups is 2. The third-order valence-corrected chi connectivity index (χ3v) is 9.09. The highest BCUT2D eigenvalue weighted by atomic mass is 32.2. The van der Waals surface area contributed by atoms with Crippen LogP contribution < -0.4 is 5.32 Å². The zero-order chi connectivity index (χ0) is 28.3. The first kappa shape index (κ1) is 30.0. The largest absolute Gasteiger partial charge is 0.396 e. The number of nitrogens with one attached hydrogen (secondary N) is 1. The predicted molar refractivity (Wildman–Crippen MR) is 157 cm³/mol. The summed E-state index contributed by atoms with van der Waals surface area (Å²) in [5, 5.41) is 25.1. The molecule has 1 aliphatic carbocycles. The van der Waals surface area contributed by atoms with Crippen molar-refractivity contribution < 1.29 is 19.8 Å². The molecular formula is C31H45N3O4S. The number of benzene rings is 2. The minimum Gasteiger partial charge on any atom is -0.396 e. The van der Waals surface area contributed by atoms with Crippen LogP contribution in [0.2, 0.25) is 0 Å². The summed E-state index contributed by atoms with van der Waals surface area (Å²) in [4.78, 5) is 20.9. The minimum atomic E-state index is -0.679. The molecule has 1 amide bonds. The fourth-order valence-electron chi connectivity index (χ4n) is 6.18. The van der Waals surface area contributed by atoms with Crippen LogP contribution in [-0.4, -0.2) is 71.0 Å². The van der Waals surface area contributed by atoms with E-state index in [9.17, 15) is 15.0 Å². The lowest BCUT2D eigenvalue weighted by Crippen LogP contribution is -2.53. The van der Waals surface area contributed by atoms with E-state index in [1.165, 1.54) is 10.5 Å².